The van der Waals surface area contributed by atoms with Crippen LogP contribution in [0.1, 0.15) is 1.43 Å². The Morgan fingerprint density at radius 1 is 0.478 bits per heavy atom. The second kappa shape index (κ2) is 4.47. The minimum absolute atomic E-state index is 0. The molecule has 1 nitrogen and oxygen atoms in total. The van der Waals surface area contributed by atoms with Gasteiger partial charge in [0.2, 0.25) is 0 Å². The lowest BCUT2D eigenvalue weighted by molar-refractivity contribution is 0.488. The van der Waals surface area contributed by atoms with Gasteiger partial charge in [-0.25, -0.2) is 0 Å². The summed E-state index contributed by atoms with van der Waals surface area (Å²) in [5.74, 6) is 0.369. The molecule has 0 aromatic heterocycles. The topological polar surface area (TPSA) is 20.2 Å². The van der Waals surface area contributed by atoms with Crippen molar-refractivity contribution in [2.75, 3.05) is 0 Å². The van der Waals surface area contributed by atoms with Crippen molar-refractivity contribution in [2.45, 2.75) is 0 Å². The molecule has 1 N–H and O–H groups in total. The lowest BCUT2D eigenvalue weighted by Crippen LogP contribution is -1.82. The summed E-state index contributed by atoms with van der Waals surface area (Å²) in [6, 6.07) is 27.2. The van der Waals surface area contributed by atoms with Gasteiger partial charge in [-0.3, -0.25) is 0 Å². The Bertz CT molecular complexity index is 1130. The van der Waals surface area contributed by atoms with Gasteiger partial charge in [-0.15, -0.1) is 0 Å². The first-order valence-corrected chi connectivity index (χ1v) is 7.77. The van der Waals surface area contributed by atoms with Gasteiger partial charge in [-0.2, -0.15) is 0 Å². The molecule has 0 saturated heterocycles. The molecule has 0 aliphatic rings. The van der Waals surface area contributed by atoms with Gasteiger partial charge in [0, 0.05) is 10.8 Å². The lowest BCUT2D eigenvalue weighted by atomic mass is 9.96. The van der Waals surface area contributed by atoms with Crippen LogP contribution in [0.25, 0.3) is 43.1 Å². The van der Waals surface area contributed by atoms with Crippen molar-refractivity contribution >= 4 is 43.1 Å². The maximum absolute atomic E-state index is 10.8. The monoisotopic (exact) mass is 295 g/mol. The molecule has 5 aromatic carbocycles. The predicted octanol–water partition coefficient (Wildman–Crippen LogP) is 6.12. The Kier molecular flexibility index (Phi) is 2.42. The van der Waals surface area contributed by atoms with E-state index in [1.54, 1.807) is 0 Å². The van der Waals surface area contributed by atoms with E-state index in [9.17, 15) is 5.11 Å². The zero-order chi connectivity index (χ0) is 15.4. The highest BCUT2D eigenvalue weighted by Crippen LogP contribution is 2.37. The third kappa shape index (κ3) is 1.80. The minimum atomic E-state index is 0. The molecular formula is C22H15O+. The van der Waals surface area contributed by atoms with Gasteiger partial charge in [-0.1, -0.05) is 48.5 Å². The van der Waals surface area contributed by atoms with E-state index in [1.165, 1.54) is 10.8 Å². The normalized spacial score (nSPS) is 11.7. The van der Waals surface area contributed by atoms with Gasteiger partial charge >= 0.3 is 1.43 Å². The number of phenols is 1. The van der Waals surface area contributed by atoms with Crippen LogP contribution in [0.2, 0.25) is 0 Å². The van der Waals surface area contributed by atoms with Crippen molar-refractivity contribution in [1.82, 2.24) is 0 Å². The molecule has 0 bridgehead atoms. The molecule has 5 rings (SSSR count). The molecule has 23 heavy (non-hydrogen) atoms. The van der Waals surface area contributed by atoms with Crippen molar-refractivity contribution in [3.63, 3.8) is 0 Å². The Balaban J connectivity index is 0.00000146. The molecule has 0 fully saturated rings. The summed E-state index contributed by atoms with van der Waals surface area (Å²) in [4.78, 5) is 0. The predicted molar refractivity (Wildman–Crippen MR) is 99.2 cm³/mol. The molecule has 0 amide bonds. The SMILES string of the molecule is Oc1c2cc3ccccc3cc2cc2cc3ccccc3cc12.[H+]. The van der Waals surface area contributed by atoms with Crippen LogP contribution < -0.4 is 0 Å². The van der Waals surface area contributed by atoms with E-state index in [2.05, 4.69) is 54.6 Å². The van der Waals surface area contributed by atoms with Crippen LogP contribution in [-0.2, 0) is 0 Å². The number of hydrogen-bond acceptors (Lipinski definition) is 1. The summed E-state index contributed by atoms with van der Waals surface area (Å²) < 4.78 is 0. The van der Waals surface area contributed by atoms with Gasteiger partial charge in [0.25, 0.3) is 0 Å². The maximum atomic E-state index is 10.8. The Morgan fingerprint density at radius 2 is 0.826 bits per heavy atom. The Hall–Kier alpha value is -3.06. The van der Waals surface area contributed by atoms with Crippen LogP contribution in [0.15, 0.2) is 78.9 Å². The van der Waals surface area contributed by atoms with Crippen molar-refractivity contribution < 1.29 is 6.53 Å². The van der Waals surface area contributed by atoms with Crippen molar-refractivity contribution in [3.8, 4) is 5.75 Å². The average Bonchev–Trinajstić information content (AvgIpc) is 2.59. The number of hydrogen-bond donors (Lipinski definition) is 1. The molecule has 0 spiro atoms. The second-order valence-corrected chi connectivity index (χ2v) is 6.07. The molecule has 0 aliphatic heterocycles. The summed E-state index contributed by atoms with van der Waals surface area (Å²) in [7, 11) is 0. The number of benzene rings is 5. The summed E-state index contributed by atoms with van der Waals surface area (Å²) >= 11 is 0. The molecule has 0 atom stereocenters. The van der Waals surface area contributed by atoms with E-state index >= 15 is 0 Å². The van der Waals surface area contributed by atoms with Crippen LogP contribution in [0.3, 0.4) is 0 Å². The number of aromatic hydroxyl groups is 1. The fraction of sp³-hybridized carbons (Fsp3) is 0. The van der Waals surface area contributed by atoms with Crippen LogP contribution in [0.4, 0.5) is 0 Å². The van der Waals surface area contributed by atoms with E-state index in [1.807, 2.05) is 24.3 Å². The standard InChI is InChI=1S/C22H14O/c23-22-20-12-16-7-3-1-5-14(16)9-18(20)11-19-10-15-6-2-4-8-17(15)13-21(19)22/h1-13,23H/p+1. The lowest BCUT2D eigenvalue weighted by Gasteiger charge is -2.09. The van der Waals surface area contributed by atoms with Crippen molar-refractivity contribution in [2.24, 2.45) is 0 Å². The summed E-state index contributed by atoms with van der Waals surface area (Å²) in [6.07, 6.45) is 0. The average molecular weight is 295 g/mol. The summed E-state index contributed by atoms with van der Waals surface area (Å²) in [5, 5.41) is 19.5. The molecule has 108 valence electrons. The fourth-order valence-corrected chi connectivity index (χ4v) is 3.48. The zero-order valence-corrected chi connectivity index (χ0v) is 12.5. The molecule has 1 heteroatoms. The molecular weight excluding hydrogens is 280 g/mol. The van der Waals surface area contributed by atoms with Gasteiger partial charge in [0.1, 0.15) is 5.75 Å². The van der Waals surface area contributed by atoms with E-state index in [4.69, 9.17) is 0 Å². The van der Waals surface area contributed by atoms with Crippen molar-refractivity contribution in [3.05, 3.63) is 78.9 Å². The largest absolute Gasteiger partial charge is 1.00 e. The van der Waals surface area contributed by atoms with Gasteiger partial charge in [0.05, 0.1) is 0 Å². The highest BCUT2D eigenvalue weighted by molar-refractivity contribution is 6.12. The third-order valence-electron chi connectivity index (χ3n) is 4.66. The number of fused-ring (bicyclic) bond motifs is 4. The molecule has 0 saturated carbocycles. The van der Waals surface area contributed by atoms with Gasteiger partial charge < -0.3 is 5.11 Å². The van der Waals surface area contributed by atoms with Crippen LogP contribution in [0.5, 0.6) is 5.75 Å². The Labute approximate surface area is 134 Å². The first-order chi connectivity index (χ1) is 11.3. The zero-order valence-electron chi connectivity index (χ0n) is 13.5. The number of rotatable bonds is 0. The van der Waals surface area contributed by atoms with E-state index in [0.717, 1.165) is 32.3 Å². The molecule has 0 unspecified atom stereocenters. The van der Waals surface area contributed by atoms with Crippen LogP contribution >= 0.6 is 0 Å². The molecule has 5 aromatic rings. The quantitative estimate of drug-likeness (QED) is 0.341. The first kappa shape index (κ1) is 12.5. The highest BCUT2D eigenvalue weighted by Gasteiger charge is 2.09. The molecule has 0 radical (unpaired) electrons. The molecule has 0 heterocycles. The number of phenolic OH excluding ortho intramolecular Hbond substituents is 1. The third-order valence-corrected chi connectivity index (χ3v) is 4.66. The van der Waals surface area contributed by atoms with Crippen molar-refractivity contribution in [1.29, 1.82) is 0 Å². The van der Waals surface area contributed by atoms with Crippen LogP contribution in [-0.4, -0.2) is 5.11 Å². The van der Waals surface area contributed by atoms with Crippen LogP contribution in [0, 0.1) is 0 Å². The van der Waals surface area contributed by atoms with Gasteiger partial charge in [0.15, 0.2) is 0 Å². The maximum Gasteiger partial charge on any atom is 1.00 e. The Morgan fingerprint density at radius 3 is 1.26 bits per heavy atom. The van der Waals surface area contributed by atoms with E-state index in [0.29, 0.717) is 5.75 Å². The smallest absolute Gasteiger partial charge is 0.507 e. The van der Waals surface area contributed by atoms with E-state index in [-0.39, 0.29) is 1.43 Å². The van der Waals surface area contributed by atoms with E-state index < -0.39 is 0 Å². The van der Waals surface area contributed by atoms with Gasteiger partial charge in [-0.05, 0) is 62.6 Å². The summed E-state index contributed by atoms with van der Waals surface area (Å²) in [5.41, 5.74) is 0. The fourth-order valence-electron chi connectivity index (χ4n) is 3.48. The highest BCUT2D eigenvalue weighted by atomic mass is 16.3. The molecule has 0 aliphatic carbocycles. The second-order valence-electron chi connectivity index (χ2n) is 6.07. The summed E-state index contributed by atoms with van der Waals surface area (Å²) in [6.45, 7) is 0. The minimum Gasteiger partial charge on any atom is -0.507 e. The first-order valence-electron chi connectivity index (χ1n) is 7.77.